The predicted molar refractivity (Wildman–Crippen MR) is 85.8 cm³/mol. The van der Waals surface area contributed by atoms with Crippen molar-refractivity contribution in [3.63, 3.8) is 0 Å². The molecule has 2 nitrogen and oxygen atoms in total. The lowest BCUT2D eigenvalue weighted by Gasteiger charge is -2.28. The van der Waals surface area contributed by atoms with Crippen LogP contribution >= 0.6 is 0 Å². The number of benzene rings is 2. The Labute approximate surface area is 120 Å². The van der Waals surface area contributed by atoms with Crippen molar-refractivity contribution in [3.8, 4) is 0 Å². The first-order chi connectivity index (χ1) is 9.33. The number of nitrogen functional groups attached to an aromatic ring is 2. The van der Waals surface area contributed by atoms with Crippen molar-refractivity contribution in [1.82, 2.24) is 0 Å². The maximum Gasteiger partial charge on any atom is 0.0317 e. The van der Waals surface area contributed by atoms with Crippen molar-refractivity contribution in [3.05, 3.63) is 59.2 Å². The highest BCUT2D eigenvalue weighted by Gasteiger charge is 2.45. The molecule has 0 fully saturated rings. The normalized spacial score (nSPS) is 23.6. The zero-order valence-electron chi connectivity index (χ0n) is 12.4. The fraction of sp³-hybridized carbons (Fsp3) is 0.333. The van der Waals surface area contributed by atoms with E-state index in [0.717, 1.165) is 17.8 Å². The molecule has 1 aliphatic rings. The molecule has 3 rings (SSSR count). The van der Waals surface area contributed by atoms with E-state index in [9.17, 15) is 0 Å². The molecule has 1 atom stereocenters. The Bertz CT molecular complexity index is 656. The van der Waals surface area contributed by atoms with Gasteiger partial charge < -0.3 is 11.5 Å². The van der Waals surface area contributed by atoms with Gasteiger partial charge in [0.25, 0.3) is 0 Å². The third-order valence-electron chi connectivity index (χ3n) is 4.71. The molecule has 2 aromatic rings. The summed E-state index contributed by atoms with van der Waals surface area (Å²) < 4.78 is 0. The Kier molecular flexibility index (Phi) is 2.62. The molecule has 2 heteroatoms. The average molecular weight is 266 g/mol. The van der Waals surface area contributed by atoms with Gasteiger partial charge in [0, 0.05) is 16.8 Å². The molecule has 0 radical (unpaired) electrons. The van der Waals surface area contributed by atoms with Crippen LogP contribution in [-0.4, -0.2) is 0 Å². The van der Waals surface area contributed by atoms with E-state index in [1.165, 1.54) is 16.7 Å². The molecule has 0 heterocycles. The Morgan fingerprint density at radius 2 is 1.40 bits per heavy atom. The predicted octanol–water partition coefficient (Wildman–Crippen LogP) is 3.84. The average Bonchev–Trinajstić information content (AvgIpc) is 2.58. The van der Waals surface area contributed by atoms with Crippen molar-refractivity contribution in [2.45, 2.75) is 38.0 Å². The van der Waals surface area contributed by atoms with Gasteiger partial charge in [-0.05, 0) is 52.8 Å². The minimum absolute atomic E-state index is 0.0280. The van der Waals surface area contributed by atoms with E-state index < -0.39 is 0 Å². The van der Waals surface area contributed by atoms with Gasteiger partial charge in [-0.15, -0.1) is 0 Å². The van der Waals surface area contributed by atoms with Crippen molar-refractivity contribution in [1.29, 1.82) is 0 Å². The quantitative estimate of drug-likeness (QED) is 0.770. The van der Waals surface area contributed by atoms with Crippen LogP contribution in [0.1, 0.15) is 43.9 Å². The summed E-state index contributed by atoms with van der Waals surface area (Å²) in [6, 6.07) is 14.6. The Morgan fingerprint density at radius 1 is 0.800 bits per heavy atom. The van der Waals surface area contributed by atoms with Gasteiger partial charge in [-0.3, -0.25) is 0 Å². The molecule has 0 amide bonds. The van der Waals surface area contributed by atoms with E-state index in [4.69, 9.17) is 11.5 Å². The van der Waals surface area contributed by atoms with Gasteiger partial charge in [0.15, 0.2) is 0 Å². The van der Waals surface area contributed by atoms with E-state index in [2.05, 4.69) is 45.0 Å². The smallest absolute Gasteiger partial charge is 0.0317 e. The van der Waals surface area contributed by atoms with Crippen LogP contribution in [0.4, 0.5) is 11.4 Å². The van der Waals surface area contributed by atoms with E-state index in [-0.39, 0.29) is 10.8 Å². The van der Waals surface area contributed by atoms with E-state index >= 15 is 0 Å². The molecule has 0 saturated heterocycles. The zero-order chi connectivity index (χ0) is 14.5. The summed E-state index contributed by atoms with van der Waals surface area (Å²) in [6.07, 6.45) is 1.09. The summed E-state index contributed by atoms with van der Waals surface area (Å²) in [5.41, 5.74) is 17.7. The number of nitrogens with two attached hydrogens (primary N) is 2. The van der Waals surface area contributed by atoms with Gasteiger partial charge >= 0.3 is 0 Å². The third-order valence-corrected chi connectivity index (χ3v) is 4.71. The first-order valence-corrected chi connectivity index (χ1v) is 7.09. The Morgan fingerprint density at radius 3 is 2.05 bits per heavy atom. The van der Waals surface area contributed by atoms with Gasteiger partial charge in [-0.25, -0.2) is 0 Å². The first kappa shape index (κ1) is 13.0. The van der Waals surface area contributed by atoms with Gasteiger partial charge in [0.05, 0.1) is 0 Å². The Hall–Kier alpha value is -1.96. The highest BCUT2D eigenvalue weighted by Crippen LogP contribution is 2.53. The summed E-state index contributed by atoms with van der Waals surface area (Å²) in [5, 5.41) is 0. The molecule has 1 aliphatic carbocycles. The van der Waals surface area contributed by atoms with Crippen molar-refractivity contribution < 1.29 is 0 Å². The fourth-order valence-corrected chi connectivity index (χ4v) is 3.79. The molecule has 0 spiro atoms. The van der Waals surface area contributed by atoms with Crippen LogP contribution in [0.25, 0.3) is 0 Å². The molecule has 4 N–H and O–H groups in total. The number of hydrogen-bond acceptors (Lipinski definition) is 2. The lowest BCUT2D eigenvalue weighted by molar-refractivity contribution is 0.425. The molecule has 0 aliphatic heterocycles. The highest BCUT2D eigenvalue weighted by atomic mass is 14.6. The SMILES string of the molecule is CC1(C)C[C@@](C)(c2ccc(N)cc2)c2ccc(N)cc21. The second kappa shape index (κ2) is 4.02. The molecular formula is C18H22N2. The summed E-state index contributed by atoms with van der Waals surface area (Å²) in [5.74, 6) is 0. The lowest BCUT2D eigenvalue weighted by Crippen LogP contribution is -2.23. The molecule has 0 bridgehead atoms. The fourth-order valence-electron chi connectivity index (χ4n) is 3.79. The Balaban J connectivity index is 2.20. The molecule has 0 unspecified atom stereocenters. The summed E-state index contributed by atoms with van der Waals surface area (Å²) in [6.45, 7) is 6.92. The summed E-state index contributed by atoms with van der Waals surface area (Å²) >= 11 is 0. The van der Waals surface area contributed by atoms with Crippen LogP contribution in [0.3, 0.4) is 0 Å². The summed E-state index contributed by atoms with van der Waals surface area (Å²) in [7, 11) is 0. The van der Waals surface area contributed by atoms with Gasteiger partial charge in [0.1, 0.15) is 0 Å². The second-order valence-electron chi connectivity index (χ2n) is 6.82. The van der Waals surface area contributed by atoms with Crippen LogP contribution in [-0.2, 0) is 10.8 Å². The van der Waals surface area contributed by atoms with Gasteiger partial charge in [-0.2, -0.15) is 0 Å². The first-order valence-electron chi connectivity index (χ1n) is 7.09. The number of rotatable bonds is 1. The second-order valence-corrected chi connectivity index (χ2v) is 6.82. The van der Waals surface area contributed by atoms with Crippen LogP contribution < -0.4 is 11.5 Å². The topological polar surface area (TPSA) is 52.0 Å². The number of hydrogen-bond donors (Lipinski definition) is 2. The van der Waals surface area contributed by atoms with Crippen molar-refractivity contribution in [2.75, 3.05) is 11.5 Å². The number of anilines is 2. The third kappa shape index (κ3) is 1.79. The zero-order valence-corrected chi connectivity index (χ0v) is 12.4. The minimum atomic E-state index is 0.0280. The molecule has 0 aromatic heterocycles. The maximum absolute atomic E-state index is 5.98. The van der Waals surface area contributed by atoms with E-state index in [1.807, 2.05) is 18.2 Å². The molecule has 20 heavy (non-hydrogen) atoms. The molecule has 0 saturated carbocycles. The van der Waals surface area contributed by atoms with Gasteiger partial charge in [-0.1, -0.05) is 39.0 Å². The minimum Gasteiger partial charge on any atom is -0.399 e. The van der Waals surface area contributed by atoms with E-state index in [1.54, 1.807) is 0 Å². The lowest BCUT2D eigenvalue weighted by atomic mass is 9.75. The van der Waals surface area contributed by atoms with E-state index in [0.29, 0.717) is 0 Å². The van der Waals surface area contributed by atoms with Crippen LogP contribution in [0.15, 0.2) is 42.5 Å². The standard InChI is InChI=1S/C18H22N2/c1-17(2)11-18(3,12-4-6-13(19)7-5-12)15-9-8-14(20)10-16(15)17/h4-10H,11,19-20H2,1-3H3/t18-/m0/s1. The summed E-state index contributed by atoms with van der Waals surface area (Å²) in [4.78, 5) is 0. The van der Waals surface area contributed by atoms with Crippen molar-refractivity contribution >= 4 is 11.4 Å². The molecular weight excluding hydrogens is 244 g/mol. The molecule has 104 valence electrons. The monoisotopic (exact) mass is 266 g/mol. The van der Waals surface area contributed by atoms with Crippen LogP contribution in [0.2, 0.25) is 0 Å². The van der Waals surface area contributed by atoms with Crippen LogP contribution in [0.5, 0.6) is 0 Å². The van der Waals surface area contributed by atoms with Gasteiger partial charge in [0.2, 0.25) is 0 Å². The maximum atomic E-state index is 5.98. The highest BCUT2D eigenvalue weighted by molar-refractivity contribution is 5.57. The molecule has 2 aromatic carbocycles. The number of fused-ring (bicyclic) bond motifs is 1. The van der Waals surface area contributed by atoms with Crippen molar-refractivity contribution in [2.24, 2.45) is 0 Å². The van der Waals surface area contributed by atoms with Crippen LogP contribution in [0, 0.1) is 0 Å². The largest absolute Gasteiger partial charge is 0.399 e.